The van der Waals surface area contributed by atoms with E-state index in [-0.39, 0.29) is 18.3 Å². The van der Waals surface area contributed by atoms with Gasteiger partial charge in [-0.1, -0.05) is 29.8 Å². The Morgan fingerprint density at radius 2 is 1.61 bits per heavy atom. The topological polar surface area (TPSA) is 51.5 Å². The molecule has 1 aromatic heterocycles. The molecule has 0 N–H and O–H groups in total. The second-order valence-corrected chi connectivity index (χ2v) is 6.68. The van der Waals surface area contributed by atoms with Crippen molar-refractivity contribution in [2.45, 2.75) is 19.9 Å². The van der Waals surface area contributed by atoms with Gasteiger partial charge in [0.25, 0.3) is 5.91 Å². The molecular weight excluding hydrogens is 352 g/mol. The number of carbonyl (C=O) groups is 2. The number of rotatable bonds is 7. The van der Waals surface area contributed by atoms with Crippen LogP contribution in [0.2, 0.25) is 0 Å². The third-order valence-electron chi connectivity index (χ3n) is 4.61. The third-order valence-corrected chi connectivity index (χ3v) is 4.61. The summed E-state index contributed by atoms with van der Waals surface area (Å²) in [4.78, 5) is 26.4. The predicted molar refractivity (Wildman–Crippen MR) is 108 cm³/mol. The molecule has 5 heteroatoms. The monoisotopic (exact) mass is 376 g/mol. The van der Waals surface area contributed by atoms with Gasteiger partial charge in [0.2, 0.25) is 0 Å². The van der Waals surface area contributed by atoms with Gasteiger partial charge in [-0.2, -0.15) is 0 Å². The summed E-state index contributed by atoms with van der Waals surface area (Å²) in [7, 11) is 1.36. The lowest BCUT2D eigenvalue weighted by atomic mass is 10.1. The van der Waals surface area contributed by atoms with Gasteiger partial charge in [0.15, 0.2) is 0 Å². The molecule has 0 aliphatic carbocycles. The van der Waals surface area contributed by atoms with E-state index in [1.807, 2.05) is 84.5 Å². The van der Waals surface area contributed by atoms with Gasteiger partial charge in [0.05, 0.1) is 13.5 Å². The van der Waals surface area contributed by atoms with Crippen molar-refractivity contribution in [2.24, 2.45) is 0 Å². The Morgan fingerprint density at radius 3 is 2.21 bits per heavy atom. The average molecular weight is 376 g/mol. The number of nitrogens with zero attached hydrogens (tertiary/aromatic N) is 2. The summed E-state index contributed by atoms with van der Waals surface area (Å²) in [5.41, 5.74) is 3.76. The van der Waals surface area contributed by atoms with Gasteiger partial charge in [-0.3, -0.25) is 9.59 Å². The van der Waals surface area contributed by atoms with Crippen LogP contribution in [0, 0.1) is 6.92 Å². The third kappa shape index (κ3) is 4.88. The van der Waals surface area contributed by atoms with E-state index in [0.717, 1.165) is 16.8 Å². The van der Waals surface area contributed by atoms with E-state index >= 15 is 0 Å². The van der Waals surface area contributed by atoms with Crippen molar-refractivity contribution in [3.63, 3.8) is 0 Å². The van der Waals surface area contributed by atoms with Crippen LogP contribution in [0.1, 0.15) is 27.9 Å². The molecule has 3 rings (SSSR count). The molecule has 0 bridgehead atoms. The van der Waals surface area contributed by atoms with Gasteiger partial charge in [0.1, 0.15) is 0 Å². The van der Waals surface area contributed by atoms with Gasteiger partial charge in [-0.25, -0.2) is 0 Å². The van der Waals surface area contributed by atoms with Crippen molar-refractivity contribution in [3.05, 3.63) is 89.7 Å². The predicted octanol–water partition coefficient (Wildman–Crippen LogP) is 3.99. The van der Waals surface area contributed by atoms with Crippen LogP contribution in [0.3, 0.4) is 0 Å². The molecule has 0 spiro atoms. The number of benzene rings is 2. The van der Waals surface area contributed by atoms with Crippen molar-refractivity contribution < 1.29 is 14.3 Å². The van der Waals surface area contributed by atoms with Gasteiger partial charge in [-0.15, -0.1) is 0 Å². The largest absolute Gasteiger partial charge is 0.469 e. The van der Waals surface area contributed by atoms with E-state index in [2.05, 4.69) is 0 Å². The van der Waals surface area contributed by atoms with Crippen LogP contribution >= 0.6 is 0 Å². The maximum atomic E-state index is 13.1. The fourth-order valence-corrected chi connectivity index (χ4v) is 2.96. The SMILES string of the molecule is COC(=O)CCN(Cc1ccc(C)cc1)C(=O)c1ccc(-n2cccc2)cc1. The van der Waals surface area contributed by atoms with Crippen molar-refractivity contribution in [1.82, 2.24) is 9.47 Å². The van der Waals surface area contributed by atoms with E-state index in [1.165, 1.54) is 7.11 Å². The molecule has 0 radical (unpaired) electrons. The first kappa shape index (κ1) is 19.4. The number of methoxy groups -OCH3 is 1. The minimum Gasteiger partial charge on any atom is -0.469 e. The maximum absolute atomic E-state index is 13.1. The maximum Gasteiger partial charge on any atom is 0.307 e. The summed E-state index contributed by atoms with van der Waals surface area (Å²) in [6, 6.07) is 19.4. The standard InChI is InChI=1S/C23H24N2O3/c1-18-5-7-19(8-6-18)17-25(16-13-22(26)28-2)23(27)20-9-11-21(12-10-20)24-14-3-4-15-24/h3-12,14-15H,13,16-17H2,1-2H3. The van der Waals surface area contributed by atoms with Crippen LogP contribution in [0.25, 0.3) is 5.69 Å². The Morgan fingerprint density at radius 1 is 0.964 bits per heavy atom. The zero-order valence-electron chi connectivity index (χ0n) is 16.2. The highest BCUT2D eigenvalue weighted by molar-refractivity contribution is 5.94. The zero-order valence-corrected chi connectivity index (χ0v) is 16.2. The Labute approximate surface area is 165 Å². The van der Waals surface area contributed by atoms with Crippen LogP contribution < -0.4 is 0 Å². The van der Waals surface area contributed by atoms with Gasteiger partial charge < -0.3 is 14.2 Å². The van der Waals surface area contributed by atoms with E-state index < -0.39 is 0 Å². The van der Waals surface area contributed by atoms with E-state index in [9.17, 15) is 9.59 Å². The van der Waals surface area contributed by atoms with E-state index in [4.69, 9.17) is 4.74 Å². The Bertz CT molecular complexity index is 913. The number of hydrogen-bond acceptors (Lipinski definition) is 3. The molecule has 0 atom stereocenters. The number of amides is 1. The molecule has 0 aliphatic rings. The van der Waals surface area contributed by atoms with Crippen LogP contribution in [-0.4, -0.2) is 35.0 Å². The molecule has 144 valence electrons. The minimum absolute atomic E-state index is 0.108. The number of ether oxygens (including phenoxy) is 1. The molecule has 0 unspecified atom stereocenters. The van der Waals surface area contributed by atoms with E-state index in [1.54, 1.807) is 4.90 Å². The van der Waals surface area contributed by atoms with Gasteiger partial charge >= 0.3 is 5.97 Å². The Balaban J connectivity index is 1.78. The Kier molecular flexibility index (Phi) is 6.27. The average Bonchev–Trinajstić information content (AvgIpc) is 3.26. The van der Waals surface area contributed by atoms with Crippen LogP contribution in [0.15, 0.2) is 73.1 Å². The first-order chi connectivity index (χ1) is 13.6. The van der Waals surface area contributed by atoms with Crippen molar-refractivity contribution >= 4 is 11.9 Å². The van der Waals surface area contributed by atoms with E-state index in [0.29, 0.717) is 18.7 Å². The van der Waals surface area contributed by atoms with Crippen LogP contribution in [-0.2, 0) is 16.1 Å². The summed E-state index contributed by atoms with van der Waals surface area (Å²) in [6.07, 6.45) is 4.07. The van der Waals surface area contributed by atoms with Gasteiger partial charge in [0, 0.05) is 36.7 Å². The second kappa shape index (κ2) is 9.04. The molecule has 0 saturated carbocycles. The molecule has 5 nitrogen and oxygen atoms in total. The molecule has 3 aromatic rings. The molecule has 0 saturated heterocycles. The number of hydrogen-bond donors (Lipinski definition) is 0. The summed E-state index contributed by atoms with van der Waals surface area (Å²) < 4.78 is 6.71. The fourth-order valence-electron chi connectivity index (χ4n) is 2.96. The number of aromatic nitrogens is 1. The molecule has 2 aromatic carbocycles. The lowest BCUT2D eigenvalue weighted by Crippen LogP contribution is -2.32. The number of aryl methyl sites for hydroxylation is 1. The highest BCUT2D eigenvalue weighted by atomic mass is 16.5. The first-order valence-corrected chi connectivity index (χ1v) is 9.22. The summed E-state index contributed by atoms with van der Waals surface area (Å²) in [5.74, 6) is -0.437. The molecule has 0 aliphatic heterocycles. The van der Waals surface area contributed by atoms with Crippen molar-refractivity contribution in [2.75, 3.05) is 13.7 Å². The Hall–Kier alpha value is -3.34. The lowest BCUT2D eigenvalue weighted by molar-refractivity contribution is -0.140. The number of esters is 1. The minimum atomic E-state index is -0.329. The number of carbonyl (C=O) groups excluding carboxylic acids is 2. The smallest absolute Gasteiger partial charge is 0.307 e. The summed E-state index contributed by atoms with van der Waals surface area (Å²) >= 11 is 0. The molecule has 0 fully saturated rings. The molecule has 1 heterocycles. The first-order valence-electron chi connectivity index (χ1n) is 9.22. The van der Waals surface area contributed by atoms with Crippen LogP contribution in [0.4, 0.5) is 0 Å². The highest BCUT2D eigenvalue weighted by Gasteiger charge is 2.18. The molecule has 1 amide bonds. The molecular formula is C23H24N2O3. The van der Waals surface area contributed by atoms with Gasteiger partial charge in [-0.05, 0) is 48.9 Å². The quantitative estimate of drug-likeness (QED) is 0.586. The zero-order chi connectivity index (χ0) is 19.9. The lowest BCUT2D eigenvalue weighted by Gasteiger charge is -2.23. The summed E-state index contributed by atoms with van der Waals surface area (Å²) in [5, 5.41) is 0. The molecule has 28 heavy (non-hydrogen) atoms. The van der Waals surface area contributed by atoms with Crippen molar-refractivity contribution in [1.29, 1.82) is 0 Å². The second-order valence-electron chi connectivity index (χ2n) is 6.68. The normalized spacial score (nSPS) is 10.5. The summed E-state index contributed by atoms with van der Waals surface area (Å²) in [6.45, 7) is 2.77. The van der Waals surface area contributed by atoms with Crippen molar-refractivity contribution in [3.8, 4) is 5.69 Å². The fraction of sp³-hybridized carbons (Fsp3) is 0.217. The van der Waals surface area contributed by atoms with Crippen LogP contribution in [0.5, 0.6) is 0 Å². The highest BCUT2D eigenvalue weighted by Crippen LogP contribution is 2.15.